The van der Waals surface area contributed by atoms with Crippen LogP contribution in [-0.4, -0.2) is 24.1 Å². The molecule has 0 bridgehead atoms. The summed E-state index contributed by atoms with van der Waals surface area (Å²) in [4.78, 5) is 15.0. The fourth-order valence-corrected chi connectivity index (χ4v) is 9.93. The van der Waals surface area contributed by atoms with Crippen LogP contribution in [0, 0.1) is 0 Å². The van der Waals surface area contributed by atoms with Gasteiger partial charge in [0.15, 0.2) is 17.5 Å². The molecule has 5 nitrogen and oxygen atoms in total. The van der Waals surface area contributed by atoms with E-state index in [2.05, 4.69) is 156 Å². The Morgan fingerprint density at radius 2 is 0.595 bits per heavy atom. The normalized spacial score (nSPS) is 13.3. The maximum absolute atomic E-state index is 15.2. The number of hydrogen-bond acceptors (Lipinski definition) is 3. The van der Waals surface area contributed by atoms with Crippen molar-refractivity contribution in [1.82, 2.24) is 24.1 Å². The molecule has 0 saturated heterocycles. The fourth-order valence-electron chi connectivity index (χ4n) is 9.93. The van der Waals surface area contributed by atoms with Crippen LogP contribution >= 0.6 is 0 Å². The van der Waals surface area contributed by atoms with Gasteiger partial charge in [-0.2, -0.15) is 26.3 Å². The minimum atomic E-state index is -4.78. The number of rotatable bonds is 5. The van der Waals surface area contributed by atoms with Gasteiger partial charge in [0.1, 0.15) is 0 Å². The number of halogens is 6. The third-order valence-corrected chi connectivity index (χ3v) is 14.3. The van der Waals surface area contributed by atoms with Crippen molar-refractivity contribution in [1.29, 1.82) is 0 Å². The lowest BCUT2D eigenvalue weighted by Crippen LogP contribution is -2.12. The molecular weight excluding hydrogens is 941 g/mol. The molecule has 0 atom stereocenters. The highest BCUT2D eigenvalue weighted by molar-refractivity contribution is 6.11. The van der Waals surface area contributed by atoms with Crippen molar-refractivity contribution in [2.45, 2.75) is 117 Å². The van der Waals surface area contributed by atoms with Crippen molar-refractivity contribution in [3.05, 3.63) is 173 Å². The van der Waals surface area contributed by atoms with Gasteiger partial charge in [0.25, 0.3) is 0 Å². The van der Waals surface area contributed by atoms with Gasteiger partial charge < -0.3 is 9.13 Å². The molecule has 74 heavy (non-hydrogen) atoms. The first-order valence-corrected chi connectivity index (χ1v) is 24.9. The second-order valence-electron chi connectivity index (χ2n) is 23.7. The molecule has 0 radical (unpaired) electrons. The Balaban J connectivity index is 1.35. The summed E-state index contributed by atoms with van der Waals surface area (Å²) in [7, 11) is 0. The number of alkyl halides is 6. The number of benzene rings is 7. The van der Waals surface area contributed by atoms with Crippen molar-refractivity contribution >= 4 is 43.6 Å². The Morgan fingerprint density at radius 1 is 0.311 bits per heavy atom. The van der Waals surface area contributed by atoms with Gasteiger partial charge in [0.2, 0.25) is 0 Å². The molecule has 7 aromatic carbocycles. The third-order valence-electron chi connectivity index (χ3n) is 14.3. The Hall–Kier alpha value is -7.27. The molecule has 0 aliphatic rings. The van der Waals surface area contributed by atoms with Gasteiger partial charge in [-0.1, -0.05) is 162 Å². The average Bonchev–Trinajstić information content (AvgIpc) is 3.83. The highest BCUT2D eigenvalue weighted by atomic mass is 19.4. The lowest BCUT2D eigenvalue weighted by molar-refractivity contribution is -0.138. The molecule has 0 N–H and O–H groups in total. The second-order valence-corrected chi connectivity index (χ2v) is 23.7. The van der Waals surface area contributed by atoms with E-state index >= 15 is 26.3 Å². The van der Waals surface area contributed by atoms with Crippen LogP contribution in [0.5, 0.6) is 0 Å². The lowest BCUT2D eigenvalue weighted by atomic mass is 9.86. The molecular formula is C63H59F6N5. The molecule has 10 rings (SSSR count). The standard InChI is InChI=1S/C63H59F6N5/c1-58(2,3)37-18-24-43-44-25-19-38(59(4,5)6)33-52(44)73(51(43)32-37)49-28-22-41(62(64,65)66)30-47(49)56-70-55(36-16-14-13-15-17-36)71-57(72-56)48-31-42(63(67,68)69)23-29-50(48)74-53-34-39(60(7,8)9)20-26-45(53)46-27-21-40(35-54(46)74)61(10,11)12/h13-35H,1-12H3. The van der Waals surface area contributed by atoms with E-state index in [4.69, 9.17) is 15.0 Å². The quantitative estimate of drug-likeness (QED) is 0.161. The molecule has 0 spiro atoms. The highest BCUT2D eigenvalue weighted by Crippen LogP contribution is 2.45. The Bertz CT molecular complexity index is 3470. The minimum absolute atomic E-state index is 0.0109. The van der Waals surface area contributed by atoms with Crippen LogP contribution in [0.4, 0.5) is 26.3 Å². The SMILES string of the molecule is CC(C)(C)c1ccc2c3ccc(C(C)(C)C)cc3n(-c3ccc(C(F)(F)F)cc3-c3nc(-c4ccccc4)nc(-c4cc(C(F)(F)F)ccc4-n4c5cc(C(C)(C)C)ccc5c5ccc(C(C)(C)C)cc54)n3)c2c1. The van der Waals surface area contributed by atoms with E-state index in [1.807, 2.05) is 15.2 Å². The van der Waals surface area contributed by atoms with Crippen molar-refractivity contribution in [2.24, 2.45) is 0 Å². The molecule has 11 heteroatoms. The summed E-state index contributed by atoms with van der Waals surface area (Å²) >= 11 is 0. The first-order chi connectivity index (χ1) is 34.5. The maximum atomic E-state index is 15.2. The topological polar surface area (TPSA) is 48.5 Å². The van der Waals surface area contributed by atoms with Gasteiger partial charge in [0, 0.05) is 38.2 Å². The lowest BCUT2D eigenvalue weighted by Gasteiger charge is -2.22. The van der Waals surface area contributed by atoms with Crippen molar-refractivity contribution in [2.75, 3.05) is 0 Å². The van der Waals surface area contributed by atoms with Gasteiger partial charge in [-0.05, 0) is 105 Å². The number of nitrogens with zero attached hydrogens (tertiary/aromatic N) is 5. The highest BCUT2D eigenvalue weighted by Gasteiger charge is 2.35. The molecule has 0 saturated carbocycles. The van der Waals surface area contributed by atoms with Crippen molar-refractivity contribution < 1.29 is 26.3 Å². The number of aromatic nitrogens is 5. The molecule has 378 valence electrons. The summed E-state index contributed by atoms with van der Waals surface area (Å²) in [6, 6.07) is 40.9. The van der Waals surface area contributed by atoms with E-state index in [1.165, 1.54) is 12.1 Å². The number of hydrogen-bond donors (Lipinski definition) is 0. The predicted molar refractivity (Wildman–Crippen MR) is 290 cm³/mol. The van der Waals surface area contributed by atoms with E-state index in [9.17, 15) is 0 Å². The largest absolute Gasteiger partial charge is 0.416 e. The van der Waals surface area contributed by atoms with E-state index in [0.29, 0.717) is 16.9 Å². The van der Waals surface area contributed by atoms with Gasteiger partial charge in [-0.25, -0.2) is 15.0 Å². The van der Waals surface area contributed by atoms with E-state index in [-0.39, 0.29) is 50.3 Å². The average molecular weight is 1000 g/mol. The predicted octanol–water partition coefficient (Wildman–Crippen LogP) is 18.3. The zero-order valence-corrected chi connectivity index (χ0v) is 43.8. The fraction of sp³-hybridized carbons (Fsp3) is 0.286. The van der Waals surface area contributed by atoms with E-state index in [0.717, 1.165) is 90.1 Å². The minimum Gasteiger partial charge on any atom is -0.308 e. The summed E-state index contributed by atoms with van der Waals surface area (Å²) in [5.74, 6) is -0.240. The van der Waals surface area contributed by atoms with E-state index in [1.54, 1.807) is 24.3 Å². The van der Waals surface area contributed by atoms with Crippen LogP contribution in [0.15, 0.2) is 140 Å². The van der Waals surface area contributed by atoms with Crippen LogP contribution < -0.4 is 0 Å². The second kappa shape index (κ2) is 17.1. The summed E-state index contributed by atoms with van der Waals surface area (Å²) in [6.45, 7) is 25.3. The molecule has 0 unspecified atom stereocenters. The molecule has 0 fully saturated rings. The maximum Gasteiger partial charge on any atom is 0.416 e. The summed E-state index contributed by atoms with van der Waals surface area (Å²) in [5.41, 5.74) is 5.25. The monoisotopic (exact) mass is 999 g/mol. The van der Waals surface area contributed by atoms with Crippen molar-refractivity contribution in [3.8, 4) is 45.5 Å². The molecule has 0 aliphatic carbocycles. The Morgan fingerprint density at radius 3 is 0.878 bits per heavy atom. The number of fused-ring (bicyclic) bond motifs is 6. The summed E-state index contributed by atoms with van der Waals surface area (Å²) in [5, 5.41) is 3.57. The van der Waals surface area contributed by atoms with Crippen LogP contribution in [0.1, 0.15) is 116 Å². The first kappa shape index (κ1) is 50.3. The van der Waals surface area contributed by atoms with Crippen LogP contribution in [0.3, 0.4) is 0 Å². The molecule has 0 amide bonds. The first-order valence-electron chi connectivity index (χ1n) is 24.9. The summed E-state index contributed by atoms with van der Waals surface area (Å²) < 4.78 is 95.0. The van der Waals surface area contributed by atoms with Gasteiger partial charge in [0.05, 0.1) is 44.6 Å². The molecule has 3 aromatic heterocycles. The van der Waals surface area contributed by atoms with Crippen LogP contribution in [-0.2, 0) is 34.0 Å². The zero-order chi connectivity index (χ0) is 53.2. The third kappa shape index (κ3) is 9.02. The van der Waals surface area contributed by atoms with Crippen molar-refractivity contribution in [3.63, 3.8) is 0 Å². The summed E-state index contributed by atoms with van der Waals surface area (Å²) in [6.07, 6.45) is -9.57. The Labute approximate surface area is 428 Å². The van der Waals surface area contributed by atoms with Gasteiger partial charge >= 0.3 is 12.4 Å². The molecule has 0 aliphatic heterocycles. The smallest absolute Gasteiger partial charge is 0.308 e. The van der Waals surface area contributed by atoms with Gasteiger partial charge in [-0.3, -0.25) is 0 Å². The van der Waals surface area contributed by atoms with Crippen LogP contribution in [0.2, 0.25) is 0 Å². The zero-order valence-electron chi connectivity index (χ0n) is 43.8. The van der Waals surface area contributed by atoms with Crippen LogP contribution in [0.25, 0.3) is 89.2 Å². The Kier molecular flexibility index (Phi) is 11.6. The van der Waals surface area contributed by atoms with E-state index < -0.39 is 23.5 Å². The molecule has 10 aromatic rings. The molecule has 3 heterocycles. The van der Waals surface area contributed by atoms with Gasteiger partial charge in [-0.15, -0.1) is 0 Å².